The third-order valence-corrected chi connectivity index (χ3v) is 6.50. The second-order valence-corrected chi connectivity index (χ2v) is 8.99. The van der Waals surface area contributed by atoms with E-state index in [9.17, 15) is 4.79 Å². The summed E-state index contributed by atoms with van der Waals surface area (Å²) in [7, 11) is 0. The Morgan fingerprint density at radius 3 is 2.50 bits per heavy atom. The van der Waals surface area contributed by atoms with Gasteiger partial charge in [-0.1, -0.05) is 40.9 Å². The summed E-state index contributed by atoms with van der Waals surface area (Å²) in [5.74, 6) is 0.0446. The molecule has 3 aromatic rings. The van der Waals surface area contributed by atoms with E-state index in [2.05, 4.69) is 15.5 Å². The molecule has 1 saturated heterocycles. The standard InChI is InChI=1S/C23H20Cl3N3O2S/c24-16-6-4-5-15(21(16)26)19-9-10-20(31-19)22(30)28-23(32)27-14-7-8-18(17(25)13-14)29-11-2-1-3-12-29/h4-10,13H,1-3,11-12H2,(H2,27,28,30,32). The monoisotopic (exact) mass is 507 g/mol. The lowest BCUT2D eigenvalue weighted by Gasteiger charge is -2.29. The molecule has 1 amide bonds. The van der Waals surface area contributed by atoms with Gasteiger partial charge in [-0.3, -0.25) is 10.1 Å². The molecule has 0 saturated carbocycles. The summed E-state index contributed by atoms with van der Waals surface area (Å²) in [5, 5.41) is 7.13. The maximum Gasteiger partial charge on any atom is 0.293 e. The Balaban J connectivity index is 1.39. The van der Waals surface area contributed by atoms with E-state index >= 15 is 0 Å². The first kappa shape index (κ1) is 22.9. The highest BCUT2D eigenvalue weighted by molar-refractivity contribution is 7.80. The van der Waals surface area contributed by atoms with E-state index in [1.807, 2.05) is 12.1 Å². The van der Waals surface area contributed by atoms with Crippen LogP contribution in [0.2, 0.25) is 15.1 Å². The molecule has 1 aliphatic heterocycles. The predicted octanol–water partition coefficient (Wildman–Crippen LogP) is 7.02. The Labute approximate surface area is 206 Å². The molecule has 1 fully saturated rings. The summed E-state index contributed by atoms with van der Waals surface area (Å²) in [6.07, 6.45) is 3.60. The van der Waals surface area contributed by atoms with E-state index in [4.69, 9.17) is 51.4 Å². The molecule has 2 aromatic carbocycles. The molecule has 5 nitrogen and oxygen atoms in total. The number of hydrogen-bond acceptors (Lipinski definition) is 4. The number of halogens is 3. The van der Waals surface area contributed by atoms with Crippen LogP contribution in [-0.4, -0.2) is 24.1 Å². The lowest BCUT2D eigenvalue weighted by Crippen LogP contribution is -2.34. The smallest absolute Gasteiger partial charge is 0.293 e. The highest BCUT2D eigenvalue weighted by Crippen LogP contribution is 2.34. The molecule has 0 bridgehead atoms. The van der Waals surface area contributed by atoms with Crippen LogP contribution in [0.15, 0.2) is 52.9 Å². The molecule has 0 atom stereocenters. The first-order chi connectivity index (χ1) is 15.4. The first-order valence-corrected chi connectivity index (χ1v) is 11.7. The predicted molar refractivity (Wildman–Crippen MR) is 135 cm³/mol. The van der Waals surface area contributed by atoms with Crippen molar-refractivity contribution in [3.05, 3.63) is 69.4 Å². The molecular weight excluding hydrogens is 489 g/mol. The van der Waals surface area contributed by atoms with Crippen LogP contribution in [0.1, 0.15) is 29.8 Å². The van der Waals surface area contributed by atoms with Gasteiger partial charge < -0.3 is 14.6 Å². The van der Waals surface area contributed by atoms with Crippen LogP contribution in [0.5, 0.6) is 0 Å². The van der Waals surface area contributed by atoms with Crippen LogP contribution < -0.4 is 15.5 Å². The molecule has 0 spiro atoms. The molecule has 32 heavy (non-hydrogen) atoms. The van der Waals surface area contributed by atoms with Crippen molar-refractivity contribution in [2.24, 2.45) is 0 Å². The van der Waals surface area contributed by atoms with Gasteiger partial charge in [0.15, 0.2) is 10.9 Å². The van der Waals surface area contributed by atoms with Gasteiger partial charge in [0.2, 0.25) is 0 Å². The zero-order chi connectivity index (χ0) is 22.7. The Morgan fingerprint density at radius 1 is 0.969 bits per heavy atom. The normalized spacial score (nSPS) is 13.7. The van der Waals surface area contributed by atoms with Gasteiger partial charge in [-0.05, 0) is 73.9 Å². The van der Waals surface area contributed by atoms with Crippen LogP contribution in [-0.2, 0) is 0 Å². The number of piperidine rings is 1. The van der Waals surface area contributed by atoms with Crippen LogP contribution in [0.25, 0.3) is 11.3 Å². The quantitative estimate of drug-likeness (QED) is 0.371. The number of rotatable bonds is 4. The maximum atomic E-state index is 12.5. The van der Waals surface area contributed by atoms with Crippen molar-refractivity contribution in [3.8, 4) is 11.3 Å². The zero-order valence-corrected chi connectivity index (χ0v) is 20.0. The summed E-state index contributed by atoms with van der Waals surface area (Å²) in [6.45, 7) is 2.01. The summed E-state index contributed by atoms with van der Waals surface area (Å²) in [5.41, 5.74) is 2.30. The average Bonchev–Trinajstić information content (AvgIpc) is 3.26. The first-order valence-electron chi connectivity index (χ1n) is 10.1. The van der Waals surface area contributed by atoms with Crippen molar-refractivity contribution in [2.75, 3.05) is 23.3 Å². The third kappa shape index (κ3) is 5.21. The number of benzene rings is 2. The summed E-state index contributed by atoms with van der Waals surface area (Å²) in [6, 6.07) is 14.1. The van der Waals surface area contributed by atoms with Crippen molar-refractivity contribution in [1.82, 2.24) is 5.32 Å². The summed E-state index contributed by atoms with van der Waals surface area (Å²) < 4.78 is 5.65. The number of anilines is 2. The van der Waals surface area contributed by atoms with Crippen LogP contribution >= 0.6 is 47.0 Å². The fraction of sp³-hybridized carbons (Fsp3) is 0.217. The van der Waals surface area contributed by atoms with E-state index in [-0.39, 0.29) is 10.9 Å². The zero-order valence-electron chi connectivity index (χ0n) is 17.0. The Morgan fingerprint density at radius 2 is 1.75 bits per heavy atom. The SMILES string of the molecule is O=C(NC(=S)Nc1ccc(N2CCCCC2)c(Cl)c1)c1ccc(-c2cccc(Cl)c2Cl)o1. The van der Waals surface area contributed by atoms with Gasteiger partial charge in [0.25, 0.3) is 5.91 Å². The number of hydrogen-bond donors (Lipinski definition) is 2. The van der Waals surface area contributed by atoms with Crippen molar-refractivity contribution in [3.63, 3.8) is 0 Å². The topological polar surface area (TPSA) is 57.5 Å². The van der Waals surface area contributed by atoms with Crippen LogP contribution in [0.4, 0.5) is 11.4 Å². The fourth-order valence-corrected chi connectivity index (χ4v) is 4.51. The summed E-state index contributed by atoms with van der Waals surface area (Å²) >= 11 is 24.0. The minimum Gasteiger partial charge on any atom is -0.451 e. The van der Waals surface area contributed by atoms with Gasteiger partial charge in [-0.2, -0.15) is 0 Å². The Bertz CT molecular complexity index is 1160. The lowest BCUT2D eigenvalue weighted by molar-refractivity contribution is 0.0951. The number of amides is 1. The molecule has 4 rings (SSSR count). The molecule has 1 aliphatic rings. The van der Waals surface area contributed by atoms with Gasteiger partial charge in [0.1, 0.15) is 5.76 Å². The minimum absolute atomic E-state index is 0.0960. The van der Waals surface area contributed by atoms with E-state index in [0.29, 0.717) is 32.1 Å². The van der Waals surface area contributed by atoms with Crippen molar-refractivity contribution < 1.29 is 9.21 Å². The maximum absolute atomic E-state index is 12.5. The third-order valence-electron chi connectivity index (χ3n) is 5.18. The molecular formula is C23H20Cl3N3O2S. The van der Waals surface area contributed by atoms with Gasteiger partial charge in [0, 0.05) is 24.3 Å². The van der Waals surface area contributed by atoms with E-state index in [1.165, 1.54) is 19.3 Å². The minimum atomic E-state index is -0.483. The molecule has 0 radical (unpaired) electrons. The van der Waals surface area contributed by atoms with Gasteiger partial charge >= 0.3 is 0 Å². The van der Waals surface area contributed by atoms with Crippen molar-refractivity contribution in [2.45, 2.75) is 19.3 Å². The molecule has 9 heteroatoms. The number of carbonyl (C=O) groups excluding carboxylic acids is 1. The highest BCUT2D eigenvalue weighted by atomic mass is 35.5. The number of thiocarbonyl (C=S) groups is 1. The largest absolute Gasteiger partial charge is 0.451 e. The number of furan rings is 1. The number of nitrogens with one attached hydrogen (secondary N) is 2. The number of carbonyl (C=O) groups is 1. The molecule has 166 valence electrons. The molecule has 0 aliphatic carbocycles. The van der Waals surface area contributed by atoms with Crippen molar-refractivity contribution >= 4 is 69.4 Å². The second kappa shape index (κ2) is 10.1. The second-order valence-electron chi connectivity index (χ2n) is 7.39. The van der Waals surface area contributed by atoms with Crippen molar-refractivity contribution in [1.29, 1.82) is 0 Å². The van der Waals surface area contributed by atoms with E-state index in [1.54, 1.807) is 36.4 Å². The fourth-order valence-electron chi connectivity index (χ4n) is 3.60. The lowest BCUT2D eigenvalue weighted by atomic mass is 10.1. The van der Waals surface area contributed by atoms with Crippen LogP contribution in [0, 0.1) is 0 Å². The molecule has 2 heterocycles. The van der Waals surface area contributed by atoms with E-state index in [0.717, 1.165) is 18.8 Å². The van der Waals surface area contributed by atoms with E-state index < -0.39 is 5.91 Å². The average molecular weight is 509 g/mol. The highest BCUT2D eigenvalue weighted by Gasteiger charge is 2.17. The Hall–Kier alpha value is -2.25. The van der Waals surface area contributed by atoms with Crippen LogP contribution in [0.3, 0.4) is 0 Å². The number of nitrogens with zero attached hydrogens (tertiary/aromatic N) is 1. The van der Waals surface area contributed by atoms with Gasteiger partial charge in [-0.15, -0.1) is 0 Å². The molecule has 1 aromatic heterocycles. The molecule has 2 N–H and O–H groups in total. The Kier molecular flexibility index (Phi) is 7.26. The molecule has 0 unspecified atom stereocenters. The summed E-state index contributed by atoms with van der Waals surface area (Å²) in [4.78, 5) is 14.8. The van der Waals surface area contributed by atoms with Gasteiger partial charge in [-0.25, -0.2) is 0 Å². The van der Waals surface area contributed by atoms with Gasteiger partial charge in [0.05, 0.1) is 20.8 Å².